The Labute approximate surface area is 154 Å². The third-order valence-electron chi connectivity index (χ3n) is 4.27. The van der Waals surface area contributed by atoms with E-state index in [1.165, 1.54) is 5.56 Å². The van der Waals surface area contributed by atoms with Crippen LogP contribution in [0.5, 0.6) is 0 Å². The van der Waals surface area contributed by atoms with E-state index in [2.05, 4.69) is 23.3 Å². The Hall–Kier alpha value is -3.14. The predicted molar refractivity (Wildman–Crippen MR) is 106 cm³/mol. The summed E-state index contributed by atoms with van der Waals surface area (Å²) in [6.45, 7) is 2.69. The van der Waals surface area contributed by atoms with Crippen molar-refractivity contribution in [1.82, 2.24) is 9.88 Å². The Morgan fingerprint density at radius 3 is 2.42 bits per heavy atom. The first-order chi connectivity index (χ1) is 12.7. The molecule has 4 nitrogen and oxygen atoms in total. The lowest BCUT2D eigenvalue weighted by Gasteiger charge is -2.17. The van der Waals surface area contributed by atoms with E-state index in [4.69, 9.17) is 0 Å². The average molecular weight is 345 g/mol. The van der Waals surface area contributed by atoms with Crippen LogP contribution in [0.3, 0.4) is 0 Å². The number of aryl methyl sites for hydroxylation is 1. The van der Waals surface area contributed by atoms with Crippen LogP contribution in [-0.4, -0.2) is 22.8 Å². The third-order valence-corrected chi connectivity index (χ3v) is 4.27. The van der Waals surface area contributed by atoms with E-state index < -0.39 is 0 Å². The predicted octanol–water partition coefficient (Wildman–Crippen LogP) is 4.66. The maximum absolute atomic E-state index is 12.6. The van der Waals surface area contributed by atoms with Gasteiger partial charge in [0.05, 0.1) is 11.9 Å². The van der Waals surface area contributed by atoms with Gasteiger partial charge in [0, 0.05) is 19.3 Å². The Morgan fingerprint density at radius 2 is 1.73 bits per heavy atom. The second-order valence-electron chi connectivity index (χ2n) is 6.21. The number of pyridine rings is 1. The van der Waals surface area contributed by atoms with Gasteiger partial charge < -0.3 is 10.2 Å². The molecule has 132 valence electrons. The Balaban J connectivity index is 1.68. The Bertz CT molecular complexity index is 860. The number of nitrogens with zero attached hydrogens (tertiary/aromatic N) is 2. The summed E-state index contributed by atoms with van der Waals surface area (Å²) in [5.74, 6) is -0.0886. The number of amides is 1. The molecule has 0 atom stereocenters. The van der Waals surface area contributed by atoms with Crippen LogP contribution in [0.15, 0.2) is 72.9 Å². The van der Waals surface area contributed by atoms with Crippen LogP contribution in [0.2, 0.25) is 0 Å². The number of hydrogen-bond donors (Lipinski definition) is 1. The molecule has 3 rings (SSSR count). The van der Waals surface area contributed by atoms with Crippen molar-refractivity contribution in [2.75, 3.05) is 12.4 Å². The van der Waals surface area contributed by atoms with E-state index in [1.54, 1.807) is 24.2 Å². The standard InChI is InChI=1S/C22H23N3O/c1-3-18-11-7-8-12-20(18)24-19-13-14-21(23-15-19)22(26)25(2)16-17-9-5-4-6-10-17/h4-15,24H,3,16H2,1-2H3. The summed E-state index contributed by atoms with van der Waals surface area (Å²) >= 11 is 0. The quantitative estimate of drug-likeness (QED) is 0.707. The molecule has 0 aliphatic carbocycles. The molecule has 26 heavy (non-hydrogen) atoms. The molecular weight excluding hydrogens is 322 g/mol. The number of carbonyl (C=O) groups excluding carboxylic acids is 1. The largest absolute Gasteiger partial charge is 0.354 e. The van der Waals surface area contributed by atoms with E-state index >= 15 is 0 Å². The first-order valence-corrected chi connectivity index (χ1v) is 8.77. The van der Waals surface area contributed by atoms with Crippen LogP contribution in [-0.2, 0) is 13.0 Å². The molecule has 0 aliphatic rings. The van der Waals surface area contributed by atoms with Gasteiger partial charge in [0.25, 0.3) is 5.91 Å². The SMILES string of the molecule is CCc1ccccc1Nc1ccc(C(=O)N(C)Cc2ccccc2)nc1. The summed E-state index contributed by atoms with van der Waals surface area (Å²) in [6.07, 6.45) is 2.66. The van der Waals surface area contributed by atoms with E-state index in [0.717, 1.165) is 23.4 Å². The van der Waals surface area contributed by atoms with Crippen molar-refractivity contribution in [3.05, 3.63) is 89.7 Å². The minimum Gasteiger partial charge on any atom is -0.354 e. The highest BCUT2D eigenvalue weighted by Crippen LogP contribution is 2.21. The van der Waals surface area contributed by atoms with Crippen LogP contribution >= 0.6 is 0 Å². The van der Waals surface area contributed by atoms with Gasteiger partial charge in [0.15, 0.2) is 0 Å². The van der Waals surface area contributed by atoms with Gasteiger partial charge in [0.2, 0.25) is 0 Å². The van der Waals surface area contributed by atoms with Crippen LogP contribution < -0.4 is 5.32 Å². The topological polar surface area (TPSA) is 45.2 Å². The van der Waals surface area contributed by atoms with Crippen molar-refractivity contribution in [2.45, 2.75) is 19.9 Å². The molecule has 0 spiro atoms. The van der Waals surface area contributed by atoms with Gasteiger partial charge in [-0.25, -0.2) is 4.98 Å². The number of anilines is 2. The van der Waals surface area contributed by atoms with Crippen LogP contribution in [0.25, 0.3) is 0 Å². The highest BCUT2D eigenvalue weighted by atomic mass is 16.2. The zero-order chi connectivity index (χ0) is 18.4. The summed E-state index contributed by atoms with van der Waals surface area (Å²) in [5.41, 5.74) is 4.72. The summed E-state index contributed by atoms with van der Waals surface area (Å²) in [6, 6.07) is 21.8. The maximum atomic E-state index is 12.6. The summed E-state index contributed by atoms with van der Waals surface area (Å²) in [7, 11) is 1.79. The number of carbonyl (C=O) groups is 1. The second-order valence-corrected chi connectivity index (χ2v) is 6.21. The lowest BCUT2D eigenvalue weighted by atomic mass is 10.1. The first-order valence-electron chi connectivity index (χ1n) is 8.77. The van der Waals surface area contributed by atoms with Crippen molar-refractivity contribution in [3.8, 4) is 0 Å². The second kappa shape index (κ2) is 8.30. The number of hydrogen-bond acceptors (Lipinski definition) is 3. The number of aromatic nitrogens is 1. The molecule has 4 heteroatoms. The van der Waals surface area contributed by atoms with Crippen molar-refractivity contribution >= 4 is 17.3 Å². The number of nitrogens with one attached hydrogen (secondary N) is 1. The van der Waals surface area contributed by atoms with Crippen molar-refractivity contribution in [2.24, 2.45) is 0 Å². The average Bonchev–Trinajstić information content (AvgIpc) is 2.69. The number of para-hydroxylation sites is 1. The lowest BCUT2D eigenvalue weighted by molar-refractivity contribution is 0.0779. The fourth-order valence-electron chi connectivity index (χ4n) is 2.83. The molecule has 0 saturated carbocycles. The van der Waals surface area contributed by atoms with Gasteiger partial charge >= 0.3 is 0 Å². The van der Waals surface area contributed by atoms with Crippen molar-refractivity contribution < 1.29 is 4.79 Å². The zero-order valence-electron chi connectivity index (χ0n) is 15.1. The monoisotopic (exact) mass is 345 g/mol. The third kappa shape index (κ3) is 4.28. The molecule has 2 aromatic carbocycles. The lowest BCUT2D eigenvalue weighted by Crippen LogP contribution is -2.26. The molecule has 0 saturated heterocycles. The van der Waals surface area contributed by atoms with Crippen LogP contribution in [0.4, 0.5) is 11.4 Å². The van der Waals surface area contributed by atoms with Crippen LogP contribution in [0.1, 0.15) is 28.5 Å². The molecule has 0 fully saturated rings. The summed E-state index contributed by atoms with van der Waals surface area (Å²) in [4.78, 5) is 18.6. The van der Waals surface area contributed by atoms with E-state index in [1.807, 2.05) is 54.6 Å². The van der Waals surface area contributed by atoms with Gasteiger partial charge in [-0.2, -0.15) is 0 Å². The van der Waals surface area contributed by atoms with Crippen molar-refractivity contribution in [3.63, 3.8) is 0 Å². The highest BCUT2D eigenvalue weighted by molar-refractivity contribution is 5.92. The zero-order valence-corrected chi connectivity index (χ0v) is 15.1. The normalized spacial score (nSPS) is 10.4. The Morgan fingerprint density at radius 1 is 1.00 bits per heavy atom. The molecule has 3 aromatic rings. The fourth-order valence-corrected chi connectivity index (χ4v) is 2.83. The van der Waals surface area contributed by atoms with E-state index in [-0.39, 0.29) is 5.91 Å². The molecule has 0 aliphatic heterocycles. The smallest absolute Gasteiger partial charge is 0.272 e. The summed E-state index contributed by atoms with van der Waals surface area (Å²) in [5, 5.41) is 3.37. The van der Waals surface area contributed by atoms with Crippen LogP contribution in [0, 0.1) is 0 Å². The van der Waals surface area contributed by atoms with Crippen molar-refractivity contribution in [1.29, 1.82) is 0 Å². The molecule has 1 heterocycles. The van der Waals surface area contributed by atoms with Gasteiger partial charge in [-0.1, -0.05) is 55.5 Å². The van der Waals surface area contributed by atoms with Gasteiger partial charge in [-0.15, -0.1) is 0 Å². The Kier molecular flexibility index (Phi) is 5.64. The highest BCUT2D eigenvalue weighted by Gasteiger charge is 2.13. The van der Waals surface area contributed by atoms with Gasteiger partial charge in [-0.3, -0.25) is 4.79 Å². The minimum absolute atomic E-state index is 0.0886. The minimum atomic E-state index is -0.0886. The van der Waals surface area contributed by atoms with Gasteiger partial charge in [0.1, 0.15) is 5.69 Å². The molecule has 0 radical (unpaired) electrons. The fraction of sp³-hybridized carbons (Fsp3) is 0.182. The van der Waals surface area contributed by atoms with Gasteiger partial charge in [-0.05, 0) is 35.7 Å². The number of rotatable bonds is 6. The first kappa shape index (κ1) is 17.7. The molecule has 0 unspecified atom stereocenters. The maximum Gasteiger partial charge on any atom is 0.272 e. The van der Waals surface area contributed by atoms with E-state index in [0.29, 0.717) is 12.2 Å². The molecular formula is C22H23N3O. The molecule has 1 aromatic heterocycles. The molecule has 1 N–H and O–H groups in total. The molecule has 1 amide bonds. The van der Waals surface area contributed by atoms with E-state index in [9.17, 15) is 4.79 Å². The number of benzene rings is 2. The summed E-state index contributed by atoms with van der Waals surface area (Å²) < 4.78 is 0. The molecule has 0 bridgehead atoms.